The quantitative estimate of drug-likeness (QED) is 0.722. The molecule has 0 unspecified atom stereocenters. The van der Waals surface area contributed by atoms with Crippen LogP contribution in [0.4, 0.5) is 0 Å². The van der Waals surface area contributed by atoms with Gasteiger partial charge in [-0.25, -0.2) is 0 Å². The molecule has 5 heteroatoms. The zero-order chi connectivity index (χ0) is 11.5. The lowest BCUT2D eigenvalue weighted by Crippen LogP contribution is -2.48. The Morgan fingerprint density at radius 3 is 2.62 bits per heavy atom. The van der Waals surface area contributed by atoms with Crippen LogP contribution in [-0.4, -0.2) is 34.4 Å². The van der Waals surface area contributed by atoms with Gasteiger partial charge in [0.2, 0.25) is 0 Å². The summed E-state index contributed by atoms with van der Waals surface area (Å²) in [5.41, 5.74) is 0.510. The van der Waals surface area contributed by atoms with E-state index < -0.39 is 12.0 Å². The lowest BCUT2D eigenvalue weighted by molar-refractivity contribution is -0.309. The highest BCUT2D eigenvalue weighted by Crippen LogP contribution is 2.22. The van der Waals surface area contributed by atoms with E-state index in [2.05, 4.69) is 0 Å². The van der Waals surface area contributed by atoms with E-state index in [-0.39, 0.29) is 5.91 Å². The average Bonchev–Trinajstić information content (AvgIpc) is 2.78. The largest absolute Gasteiger partial charge is 0.548 e. The number of carbonyl (C=O) groups excluding carboxylic acids is 2. The first kappa shape index (κ1) is 11.0. The van der Waals surface area contributed by atoms with Crippen molar-refractivity contribution in [3.05, 3.63) is 35.9 Å². The molecule has 1 amide bonds. The predicted octanol–water partition coefficient (Wildman–Crippen LogP) is -0.0484. The maximum atomic E-state index is 12.0. The van der Waals surface area contributed by atoms with Crippen LogP contribution in [0.2, 0.25) is 0 Å². The molecule has 1 atom stereocenters. The van der Waals surface area contributed by atoms with Crippen LogP contribution in [0.1, 0.15) is 10.4 Å². The molecule has 0 saturated carbocycles. The fraction of sp³-hybridized carbons (Fsp3) is 0.273. The second kappa shape index (κ2) is 4.57. The Balaban J connectivity index is 2.19. The summed E-state index contributed by atoms with van der Waals surface area (Å²) in [4.78, 5) is 24.2. The van der Waals surface area contributed by atoms with Gasteiger partial charge in [0.25, 0.3) is 5.91 Å². The van der Waals surface area contributed by atoms with E-state index in [4.69, 9.17) is 0 Å². The summed E-state index contributed by atoms with van der Waals surface area (Å²) in [5, 5.41) is 10.8. The van der Waals surface area contributed by atoms with Crippen LogP contribution in [0.25, 0.3) is 0 Å². The van der Waals surface area contributed by atoms with E-state index >= 15 is 0 Å². The molecule has 1 aromatic rings. The zero-order valence-electron chi connectivity index (χ0n) is 8.46. The van der Waals surface area contributed by atoms with Gasteiger partial charge < -0.3 is 14.8 Å². The molecule has 1 fully saturated rings. The molecule has 1 aliphatic heterocycles. The fourth-order valence-corrected chi connectivity index (χ4v) is 2.72. The van der Waals surface area contributed by atoms with E-state index in [1.54, 1.807) is 24.3 Å². The highest BCUT2D eigenvalue weighted by Gasteiger charge is 2.30. The molecule has 0 N–H and O–H groups in total. The molecule has 84 valence electrons. The zero-order valence-corrected chi connectivity index (χ0v) is 9.28. The van der Waals surface area contributed by atoms with Crippen LogP contribution < -0.4 is 5.11 Å². The monoisotopic (exact) mass is 236 g/mol. The summed E-state index contributed by atoms with van der Waals surface area (Å²) in [6.45, 7) is 0. The Kier molecular flexibility index (Phi) is 3.14. The second-order valence-electron chi connectivity index (χ2n) is 3.48. The highest BCUT2D eigenvalue weighted by atomic mass is 32.2. The van der Waals surface area contributed by atoms with Gasteiger partial charge in [-0.05, 0) is 12.1 Å². The van der Waals surface area contributed by atoms with Crippen molar-refractivity contribution in [2.75, 3.05) is 11.6 Å². The number of amides is 1. The Labute approximate surface area is 97.3 Å². The molecule has 2 rings (SSSR count). The number of thioether (sulfide) groups is 1. The molecule has 1 heterocycles. The molecule has 4 nitrogen and oxygen atoms in total. The number of carboxylic acids is 1. The van der Waals surface area contributed by atoms with Gasteiger partial charge in [-0.1, -0.05) is 18.2 Å². The van der Waals surface area contributed by atoms with Crippen LogP contribution in [0.3, 0.4) is 0 Å². The van der Waals surface area contributed by atoms with Gasteiger partial charge in [-0.2, -0.15) is 0 Å². The van der Waals surface area contributed by atoms with E-state index in [0.29, 0.717) is 17.2 Å². The maximum absolute atomic E-state index is 12.0. The average molecular weight is 236 g/mol. The molecular formula is C11H10NO3S-. The summed E-state index contributed by atoms with van der Waals surface area (Å²) in [5.74, 6) is -0.623. The first-order chi connectivity index (χ1) is 7.70. The smallest absolute Gasteiger partial charge is 0.255 e. The number of carboxylic acid groups (broad SMARTS) is 1. The van der Waals surface area contributed by atoms with Crippen molar-refractivity contribution in [3.63, 3.8) is 0 Å². The molecule has 1 saturated heterocycles. The SMILES string of the molecule is O=C([O-])[C@H]1CSCN1C(=O)c1ccccc1. The molecule has 16 heavy (non-hydrogen) atoms. The molecule has 0 aromatic heterocycles. The van der Waals surface area contributed by atoms with Crippen molar-refractivity contribution in [3.8, 4) is 0 Å². The molecule has 0 spiro atoms. The third-order valence-corrected chi connectivity index (χ3v) is 3.45. The molecule has 1 aromatic carbocycles. The minimum absolute atomic E-state index is 0.250. The van der Waals surface area contributed by atoms with E-state index in [1.165, 1.54) is 16.7 Å². The van der Waals surface area contributed by atoms with Crippen molar-refractivity contribution in [2.45, 2.75) is 6.04 Å². The molecule has 1 aliphatic rings. The van der Waals surface area contributed by atoms with Gasteiger partial charge in [0.1, 0.15) is 0 Å². The van der Waals surface area contributed by atoms with Gasteiger partial charge in [0, 0.05) is 11.3 Å². The minimum Gasteiger partial charge on any atom is -0.548 e. The maximum Gasteiger partial charge on any atom is 0.255 e. The molecular weight excluding hydrogens is 226 g/mol. The topological polar surface area (TPSA) is 60.4 Å². The van der Waals surface area contributed by atoms with Crippen molar-refractivity contribution in [1.82, 2.24) is 4.90 Å². The number of rotatable bonds is 2. The van der Waals surface area contributed by atoms with E-state index in [0.717, 1.165) is 0 Å². The summed E-state index contributed by atoms with van der Waals surface area (Å²) in [6, 6.07) is 7.87. The highest BCUT2D eigenvalue weighted by molar-refractivity contribution is 7.99. The lowest BCUT2D eigenvalue weighted by Gasteiger charge is -2.24. The summed E-state index contributed by atoms with van der Waals surface area (Å²) in [7, 11) is 0. The molecule has 0 bridgehead atoms. The molecule has 0 radical (unpaired) electrons. The van der Waals surface area contributed by atoms with Crippen LogP contribution in [0.15, 0.2) is 30.3 Å². The van der Waals surface area contributed by atoms with Gasteiger partial charge in [-0.3, -0.25) is 4.79 Å². The second-order valence-corrected chi connectivity index (χ2v) is 4.48. The van der Waals surface area contributed by atoms with Crippen molar-refractivity contribution in [1.29, 1.82) is 0 Å². The fourth-order valence-electron chi connectivity index (χ4n) is 1.58. The minimum atomic E-state index is -1.19. The normalized spacial score (nSPS) is 19.8. The third-order valence-electron chi connectivity index (χ3n) is 2.44. The Morgan fingerprint density at radius 2 is 2.00 bits per heavy atom. The van der Waals surface area contributed by atoms with Crippen molar-refractivity contribution < 1.29 is 14.7 Å². The van der Waals surface area contributed by atoms with Crippen LogP contribution in [0, 0.1) is 0 Å². The van der Waals surface area contributed by atoms with Gasteiger partial charge in [-0.15, -0.1) is 11.8 Å². The number of carbonyl (C=O) groups is 2. The lowest BCUT2D eigenvalue weighted by atomic mass is 10.2. The van der Waals surface area contributed by atoms with Gasteiger partial charge in [0.05, 0.1) is 17.9 Å². The first-order valence-corrected chi connectivity index (χ1v) is 6.00. The van der Waals surface area contributed by atoms with Gasteiger partial charge in [0.15, 0.2) is 0 Å². The molecule has 0 aliphatic carbocycles. The van der Waals surface area contributed by atoms with E-state index in [1.807, 2.05) is 6.07 Å². The van der Waals surface area contributed by atoms with Crippen LogP contribution in [0.5, 0.6) is 0 Å². The third kappa shape index (κ3) is 2.04. The predicted molar refractivity (Wildman–Crippen MR) is 58.7 cm³/mol. The standard InChI is InChI=1S/C11H11NO3S/c13-10(8-4-2-1-3-5-8)12-7-16-6-9(12)11(14)15/h1-5,9H,6-7H2,(H,14,15)/p-1/t9-/m1/s1. The summed E-state index contributed by atoms with van der Waals surface area (Å²) in [6.07, 6.45) is 0. The first-order valence-electron chi connectivity index (χ1n) is 4.85. The van der Waals surface area contributed by atoms with Crippen molar-refractivity contribution >= 4 is 23.6 Å². The van der Waals surface area contributed by atoms with E-state index in [9.17, 15) is 14.7 Å². The summed E-state index contributed by atoms with van der Waals surface area (Å²) < 4.78 is 0. The number of hydrogen-bond acceptors (Lipinski definition) is 4. The number of nitrogens with zero attached hydrogens (tertiary/aromatic N) is 1. The van der Waals surface area contributed by atoms with Gasteiger partial charge >= 0.3 is 0 Å². The van der Waals surface area contributed by atoms with Crippen molar-refractivity contribution in [2.24, 2.45) is 0 Å². The number of hydrogen-bond donors (Lipinski definition) is 0. The summed E-state index contributed by atoms with van der Waals surface area (Å²) >= 11 is 1.43. The number of aliphatic carboxylic acids is 1. The number of benzene rings is 1. The Bertz CT molecular complexity index is 407. The Hall–Kier alpha value is -1.49. The van der Waals surface area contributed by atoms with Crippen LogP contribution in [-0.2, 0) is 4.79 Å². The van der Waals surface area contributed by atoms with Crippen LogP contribution >= 0.6 is 11.8 Å². The Morgan fingerprint density at radius 1 is 1.31 bits per heavy atom.